The van der Waals surface area contributed by atoms with Gasteiger partial charge in [-0.1, -0.05) is 47.0 Å². The van der Waals surface area contributed by atoms with Gasteiger partial charge in [0, 0.05) is 5.92 Å². The van der Waals surface area contributed by atoms with E-state index < -0.39 is 45.3 Å². The van der Waals surface area contributed by atoms with Gasteiger partial charge in [0.15, 0.2) is 5.79 Å². The van der Waals surface area contributed by atoms with Crippen LogP contribution in [0.15, 0.2) is 24.3 Å². The quantitative estimate of drug-likeness (QED) is 0.484. The van der Waals surface area contributed by atoms with Crippen molar-refractivity contribution in [3.63, 3.8) is 0 Å². The van der Waals surface area contributed by atoms with Crippen LogP contribution in [0.25, 0.3) is 0 Å². The number of aliphatic hydroxyl groups excluding tert-OH is 2. The van der Waals surface area contributed by atoms with Crippen LogP contribution in [0.5, 0.6) is 0 Å². The van der Waals surface area contributed by atoms with Crippen molar-refractivity contribution >= 4 is 40.7 Å². The SMILES string of the molecule is C=C[C@]1(NC(=O)C(Cl)(Cl)Cl)[C@H](O)[C@H](O)C(C)=C[C@@H]1[C@H]1COC(C)(C)O1. The summed E-state index contributed by atoms with van der Waals surface area (Å²) >= 11 is 17.0. The van der Waals surface area contributed by atoms with Crippen molar-refractivity contribution in [2.24, 2.45) is 5.92 Å². The Balaban J connectivity index is 2.47. The molecule has 25 heavy (non-hydrogen) atoms. The highest BCUT2D eigenvalue weighted by molar-refractivity contribution is 6.76. The molecule has 1 aliphatic carbocycles. The molecule has 1 saturated heterocycles. The summed E-state index contributed by atoms with van der Waals surface area (Å²) in [6.07, 6.45) is -0.102. The van der Waals surface area contributed by atoms with Crippen LogP contribution >= 0.6 is 34.8 Å². The van der Waals surface area contributed by atoms with Crippen LogP contribution in [0.4, 0.5) is 0 Å². The maximum absolute atomic E-state index is 12.3. The zero-order valence-electron chi connectivity index (χ0n) is 14.1. The van der Waals surface area contributed by atoms with Gasteiger partial charge < -0.3 is 25.0 Å². The molecule has 0 aromatic heterocycles. The Kier molecular flexibility index (Phi) is 5.87. The lowest BCUT2D eigenvalue weighted by Gasteiger charge is -2.48. The van der Waals surface area contributed by atoms with E-state index in [0.717, 1.165) is 0 Å². The second-order valence-electron chi connectivity index (χ2n) is 6.78. The molecule has 142 valence electrons. The highest BCUT2D eigenvalue weighted by Crippen LogP contribution is 2.41. The molecular formula is C16H22Cl3NO5. The van der Waals surface area contributed by atoms with E-state index in [1.807, 2.05) is 0 Å². The van der Waals surface area contributed by atoms with Crippen LogP contribution in [-0.4, -0.2) is 56.2 Å². The van der Waals surface area contributed by atoms with E-state index in [9.17, 15) is 15.0 Å². The average molecular weight is 415 g/mol. The lowest BCUT2D eigenvalue weighted by molar-refractivity contribution is -0.151. The molecular weight excluding hydrogens is 393 g/mol. The molecule has 3 N–H and O–H groups in total. The first-order valence-corrected chi connectivity index (χ1v) is 8.86. The van der Waals surface area contributed by atoms with Crippen LogP contribution in [-0.2, 0) is 14.3 Å². The number of halogens is 3. The van der Waals surface area contributed by atoms with Gasteiger partial charge in [-0.05, 0) is 26.3 Å². The number of ether oxygens (including phenoxy) is 2. The fourth-order valence-corrected chi connectivity index (χ4v) is 3.41. The second kappa shape index (κ2) is 7.00. The number of hydrogen-bond donors (Lipinski definition) is 3. The summed E-state index contributed by atoms with van der Waals surface area (Å²) in [5.74, 6) is -2.36. The van der Waals surface area contributed by atoms with Crippen molar-refractivity contribution in [1.82, 2.24) is 5.32 Å². The van der Waals surface area contributed by atoms with Crippen LogP contribution in [0.2, 0.25) is 0 Å². The molecule has 0 spiro atoms. The van der Waals surface area contributed by atoms with E-state index in [1.54, 1.807) is 26.8 Å². The normalized spacial score (nSPS) is 38.2. The van der Waals surface area contributed by atoms with E-state index in [4.69, 9.17) is 44.3 Å². The van der Waals surface area contributed by atoms with Crippen LogP contribution in [0.1, 0.15) is 20.8 Å². The second-order valence-corrected chi connectivity index (χ2v) is 9.06. The molecule has 1 amide bonds. The standard InChI is InChI=1S/C16H22Cl3NO5/c1-5-15(20-13(23)16(17,18)19)9(6-8(2)11(21)12(15)22)10-7-24-14(3,4)25-10/h5-6,9-12,21-22H,1,7H2,2-4H3,(H,20,23)/t9-,10-,11-,12-,15-/m1/s1. The number of carbonyl (C=O) groups excluding carboxylic acids is 1. The first kappa shape index (κ1) is 21.0. The summed E-state index contributed by atoms with van der Waals surface area (Å²) < 4.78 is 9.24. The minimum absolute atomic E-state index is 0.226. The smallest absolute Gasteiger partial charge is 0.272 e. The largest absolute Gasteiger partial charge is 0.387 e. The van der Waals surface area contributed by atoms with E-state index in [-0.39, 0.29) is 6.61 Å². The number of nitrogens with one attached hydrogen (secondary N) is 1. The molecule has 6 nitrogen and oxygen atoms in total. The Hall–Kier alpha value is -0.340. The van der Waals surface area contributed by atoms with Gasteiger partial charge in [0.1, 0.15) is 12.2 Å². The van der Waals surface area contributed by atoms with Crippen molar-refractivity contribution in [3.05, 3.63) is 24.3 Å². The van der Waals surface area contributed by atoms with Gasteiger partial charge in [-0.3, -0.25) is 4.79 Å². The van der Waals surface area contributed by atoms with Gasteiger partial charge in [0.05, 0.1) is 18.2 Å². The first-order chi connectivity index (χ1) is 11.3. The van der Waals surface area contributed by atoms with E-state index in [0.29, 0.717) is 5.57 Å². The Labute approximate surface area is 161 Å². The highest BCUT2D eigenvalue weighted by Gasteiger charge is 2.55. The number of alkyl halides is 3. The van der Waals surface area contributed by atoms with Crippen molar-refractivity contribution < 1.29 is 24.5 Å². The monoisotopic (exact) mass is 413 g/mol. The predicted octanol–water partition coefficient (Wildman–Crippen LogP) is 1.85. The van der Waals surface area contributed by atoms with E-state index in [1.165, 1.54) is 6.08 Å². The summed E-state index contributed by atoms with van der Waals surface area (Å²) in [7, 11) is 0. The third-order valence-electron chi connectivity index (χ3n) is 4.61. The summed E-state index contributed by atoms with van der Waals surface area (Å²) in [6, 6.07) is 0. The van der Waals surface area contributed by atoms with Gasteiger partial charge in [0.25, 0.3) is 9.70 Å². The number of hydrogen-bond acceptors (Lipinski definition) is 5. The molecule has 1 fully saturated rings. The van der Waals surface area contributed by atoms with Gasteiger partial charge in [-0.25, -0.2) is 0 Å². The Morgan fingerprint density at radius 2 is 2.04 bits per heavy atom. The van der Waals surface area contributed by atoms with E-state index in [2.05, 4.69) is 11.9 Å². The zero-order valence-corrected chi connectivity index (χ0v) is 16.4. The predicted molar refractivity (Wildman–Crippen MR) is 95.5 cm³/mol. The highest BCUT2D eigenvalue weighted by atomic mass is 35.6. The fourth-order valence-electron chi connectivity index (χ4n) is 3.27. The van der Waals surface area contributed by atoms with Gasteiger partial charge in [0.2, 0.25) is 0 Å². The first-order valence-electron chi connectivity index (χ1n) is 7.73. The Morgan fingerprint density at radius 3 is 2.48 bits per heavy atom. The maximum atomic E-state index is 12.3. The van der Waals surface area contributed by atoms with Gasteiger partial charge in [-0.15, -0.1) is 6.58 Å². The van der Waals surface area contributed by atoms with Gasteiger partial charge in [-0.2, -0.15) is 0 Å². The topological polar surface area (TPSA) is 88.0 Å². The summed E-state index contributed by atoms with van der Waals surface area (Å²) in [5, 5.41) is 23.6. The lowest BCUT2D eigenvalue weighted by atomic mass is 9.68. The van der Waals surface area contributed by atoms with Gasteiger partial charge >= 0.3 is 0 Å². The van der Waals surface area contributed by atoms with Crippen molar-refractivity contribution in [1.29, 1.82) is 0 Å². The average Bonchev–Trinajstić information content (AvgIpc) is 2.86. The van der Waals surface area contributed by atoms with Crippen molar-refractivity contribution in [2.45, 2.75) is 54.2 Å². The van der Waals surface area contributed by atoms with E-state index >= 15 is 0 Å². The molecule has 0 aromatic rings. The third-order valence-corrected chi connectivity index (χ3v) is 5.12. The summed E-state index contributed by atoms with van der Waals surface area (Å²) in [6.45, 7) is 9.13. The molecule has 0 bridgehead atoms. The molecule has 1 heterocycles. The van der Waals surface area contributed by atoms with Crippen molar-refractivity contribution in [3.8, 4) is 0 Å². The van der Waals surface area contributed by atoms with Crippen LogP contribution in [0.3, 0.4) is 0 Å². The number of aliphatic hydroxyl groups is 2. The van der Waals surface area contributed by atoms with Crippen molar-refractivity contribution in [2.75, 3.05) is 6.61 Å². The summed E-state index contributed by atoms with van der Waals surface area (Å²) in [5.41, 5.74) is -0.972. The number of rotatable bonds is 3. The van der Waals surface area contributed by atoms with Crippen LogP contribution in [0, 0.1) is 5.92 Å². The van der Waals surface area contributed by atoms with Crippen LogP contribution < -0.4 is 5.32 Å². The minimum Gasteiger partial charge on any atom is -0.387 e. The number of amides is 1. The molecule has 9 heteroatoms. The molecule has 5 atom stereocenters. The molecule has 0 radical (unpaired) electrons. The fraction of sp³-hybridized carbons (Fsp3) is 0.688. The maximum Gasteiger partial charge on any atom is 0.272 e. The number of carbonyl (C=O) groups is 1. The zero-order chi connectivity index (χ0) is 19.2. The lowest BCUT2D eigenvalue weighted by Crippen LogP contribution is -2.68. The Morgan fingerprint density at radius 1 is 1.44 bits per heavy atom. The minimum atomic E-state index is -2.24. The molecule has 2 rings (SSSR count). The third kappa shape index (κ3) is 4.00. The molecule has 2 aliphatic rings. The molecule has 0 saturated carbocycles. The molecule has 1 aliphatic heterocycles. The molecule has 0 unspecified atom stereocenters. The Bertz CT molecular complexity index is 589. The molecule has 0 aromatic carbocycles. The summed E-state index contributed by atoms with van der Waals surface area (Å²) in [4.78, 5) is 12.3.